The number of piperidine rings is 1. The van der Waals surface area contributed by atoms with Gasteiger partial charge in [0.25, 0.3) is 0 Å². The van der Waals surface area contributed by atoms with Crippen LogP contribution >= 0.6 is 0 Å². The predicted octanol–water partition coefficient (Wildman–Crippen LogP) is 3.90. The molecule has 4 nitrogen and oxygen atoms in total. The van der Waals surface area contributed by atoms with Gasteiger partial charge in [0.05, 0.1) is 6.42 Å². The highest BCUT2D eigenvalue weighted by atomic mass is 16.5. The molecule has 0 aromatic heterocycles. The number of carboxylic acid groups (broad SMARTS) is 1. The molecule has 2 aliphatic heterocycles. The first kappa shape index (κ1) is 17.1. The zero-order chi connectivity index (χ0) is 17.9. The molecule has 4 heteroatoms. The molecule has 1 unspecified atom stereocenters. The lowest BCUT2D eigenvalue weighted by molar-refractivity contribution is -0.137. The van der Waals surface area contributed by atoms with Gasteiger partial charge in [0.1, 0.15) is 12.4 Å². The lowest BCUT2D eigenvalue weighted by atomic mass is 9.75. The molecule has 2 aromatic rings. The maximum absolute atomic E-state index is 10.8. The Bertz CT molecular complexity index is 733. The lowest BCUT2D eigenvalue weighted by Gasteiger charge is -2.36. The fourth-order valence-corrected chi connectivity index (χ4v) is 4.43. The number of carbonyl (C=O) groups is 1. The summed E-state index contributed by atoms with van der Waals surface area (Å²) >= 11 is 0. The van der Waals surface area contributed by atoms with Gasteiger partial charge in [-0.25, -0.2) is 0 Å². The Balaban J connectivity index is 1.59. The van der Waals surface area contributed by atoms with Gasteiger partial charge in [0.2, 0.25) is 0 Å². The van der Waals surface area contributed by atoms with Crippen molar-refractivity contribution in [3.63, 3.8) is 0 Å². The molecule has 4 rings (SSSR count). The van der Waals surface area contributed by atoms with Gasteiger partial charge in [-0.1, -0.05) is 42.5 Å². The molecule has 1 N–H and O–H groups in total. The molecule has 0 radical (unpaired) electrons. The summed E-state index contributed by atoms with van der Waals surface area (Å²) in [6.45, 7) is 3.23. The van der Waals surface area contributed by atoms with Gasteiger partial charge in [-0.05, 0) is 49.0 Å². The van der Waals surface area contributed by atoms with Crippen molar-refractivity contribution in [3.8, 4) is 5.75 Å². The van der Waals surface area contributed by atoms with Gasteiger partial charge < -0.3 is 14.7 Å². The number of hydrogen-bond donors (Lipinski definition) is 1. The van der Waals surface area contributed by atoms with Crippen LogP contribution in [0, 0.1) is 5.92 Å². The molecule has 0 spiro atoms. The summed E-state index contributed by atoms with van der Waals surface area (Å²) in [6.07, 6.45) is 2.41. The second-order valence-electron chi connectivity index (χ2n) is 7.33. The second-order valence-corrected chi connectivity index (χ2v) is 7.33. The number of rotatable bonds is 4. The van der Waals surface area contributed by atoms with Gasteiger partial charge in [0.15, 0.2) is 0 Å². The third kappa shape index (κ3) is 3.47. The van der Waals surface area contributed by atoms with Crippen LogP contribution in [0.3, 0.4) is 0 Å². The third-order valence-corrected chi connectivity index (χ3v) is 5.77. The van der Waals surface area contributed by atoms with Crippen LogP contribution in [0.1, 0.15) is 41.9 Å². The summed E-state index contributed by atoms with van der Waals surface area (Å²) in [4.78, 5) is 13.1. The fraction of sp³-hybridized carbons (Fsp3) is 0.409. The van der Waals surface area contributed by atoms with E-state index in [0.29, 0.717) is 25.0 Å². The SMILES string of the molecule is O=C(O)CCN1CCC(C2c3ccccc3COc3ccccc32)CC1. The molecule has 2 aromatic carbocycles. The van der Waals surface area contributed by atoms with E-state index in [0.717, 1.165) is 31.7 Å². The molecule has 2 heterocycles. The average molecular weight is 351 g/mol. The minimum atomic E-state index is -0.712. The number of likely N-dealkylation sites (tertiary alicyclic amines) is 1. The molecule has 26 heavy (non-hydrogen) atoms. The van der Waals surface area contributed by atoms with E-state index in [1.165, 1.54) is 16.7 Å². The lowest BCUT2D eigenvalue weighted by Crippen LogP contribution is -2.37. The van der Waals surface area contributed by atoms with E-state index >= 15 is 0 Å². The van der Waals surface area contributed by atoms with Crippen molar-refractivity contribution >= 4 is 5.97 Å². The van der Waals surface area contributed by atoms with Gasteiger partial charge in [-0.15, -0.1) is 0 Å². The highest BCUT2D eigenvalue weighted by Gasteiger charge is 2.33. The number of aliphatic carboxylic acids is 1. The molecule has 2 aliphatic rings. The van der Waals surface area contributed by atoms with E-state index in [1.807, 2.05) is 6.07 Å². The molecular weight excluding hydrogens is 326 g/mol. The molecule has 0 amide bonds. The molecule has 1 saturated heterocycles. The number of para-hydroxylation sites is 1. The second kappa shape index (κ2) is 7.50. The summed E-state index contributed by atoms with van der Waals surface area (Å²) < 4.78 is 6.11. The van der Waals surface area contributed by atoms with Crippen molar-refractivity contribution in [2.24, 2.45) is 5.92 Å². The van der Waals surface area contributed by atoms with Crippen molar-refractivity contribution in [2.45, 2.75) is 31.8 Å². The number of carboxylic acids is 1. The molecular formula is C22H25NO3. The topological polar surface area (TPSA) is 49.8 Å². The summed E-state index contributed by atoms with van der Waals surface area (Å²) in [5.41, 5.74) is 3.96. The molecule has 0 aliphatic carbocycles. The van der Waals surface area contributed by atoms with Crippen molar-refractivity contribution in [3.05, 3.63) is 65.2 Å². The smallest absolute Gasteiger partial charge is 0.304 e. The zero-order valence-corrected chi connectivity index (χ0v) is 14.9. The maximum atomic E-state index is 10.8. The number of benzene rings is 2. The van der Waals surface area contributed by atoms with Crippen LogP contribution in [-0.4, -0.2) is 35.6 Å². The molecule has 0 saturated carbocycles. The van der Waals surface area contributed by atoms with Gasteiger partial charge in [-0.3, -0.25) is 4.79 Å². The Hall–Kier alpha value is -2.33. The first-order valence-corrected chi connectivity index (χ1v) is 9.46. The van der Waals surface area contributed by atoms with Gasteiger partial charge in [0, 0.05) is 18.0 Å². The normalized spacial score (nSPS) is 20.5. The molecule has 136 valence electrons. The van der Waals surface area contributed by atoms with Gasteiger partial charge in [-0.2, -0.15) is 0 Å². The van der Waals surface area contributed by atoms with Crippen molar-refractivity contribution in [2.75, 3.05) is 19.6 Å². The highest BCUT2D eigenvalue weighted by Crippen LogP contribution is 2.44. The Morgan fingerprint density at radius 2 is 1.73 bits per heavy atom. The van der Waals surface area contributed by atoms with E-state index in [4.69, 9.17) is 9.84 Å². The van der Waals surface area contributed by atoms with E-state index in [-0.39, 0.29) is 6.42 Å². The van der Waals surface area contributed by atoms with E-state index in [9.17, 15) is 4.79 Å². The van der Waals surface area contributed by atoms with E-state index in [2.05, 4.69) is 47.4 Å². The minimum Gasteiger partial charge on any atom is -0.489 e. The molecule has 1 atom stereocenters. The largest absolute Gasteiger partial charge is 0.489 e. The number of nitrogens with zero attached hydrogens (tertiary/aromatic N) is 1. The van der Waals surface area contributed by atoms with Crippen LogP contribution in [0.25, 0.3) is 0 Å². The van der Waals surface area contributed by atoms with Crippen LogP contribution in [0.2, 0.25) is 0 Å². The predicted molar refractivity (Wildman–Crippen MR) is 100 cm³/mol. The summed E-state index contributed by atoms with van der Waals surface area (Å²) in [5, 5.41) is 8.91. The number of hydrogen-bond acceptors (Lipinski definition) is 3. The summed E-state index contributed by atoms with van der Waals surface area (Å²) in [6, 6.07) is 17.1. The third-order valence-electron chi connectivity index (χ3n) is 5.77. The van der Waals surface area contributed by atoms with Crippen molar-refractivity contribution in [1.29, 1.82) is 0 Å². The highest BCUT2D eigenvalue weighted by molar-refractivity contribution is 5.66. The zero-order valence-electron chi connectivity index (χ0n) is 14.9. The van der Waals surface area contributed by atoms with Crippen LogP contribution in [0.15, 0.2) is 48.5 Å². The first-order chi connectivity index (χ1) is 12.7. The minimum absolute atomic E-state index is 0.230. The first-order valence-electron chi connectivity index (χ1n) is 9.46. The maximum Gasteiger partial charge on any atom is 0.304 e. The van der Waals surface area contributed by atoms with Crippen LogP contribution in [0.4, 0.5) is 0 Å². The van der Waals surface area contributed by atoms with Crippen molar-refractivity contribution < 1.29 is 14.6 Å². The molecule has 0 bridgehead atoms. The summed E-state index contributed by atoms with van der Waals surface area (Å²) in [5.74, 6) is 1.20. The van der Waals surface area contributed by atoms with Crippen LogP contribution < -0.4 is 4.74 Å². The number of ether oxygens (including phenoxy) is 1. The Morgan fingerprint density at radius 3 is 2.50 bits per heavy atom. The summed E-state index contributed by atoms with van der Waals surface area (Å²) in [7, 11) is 0. The quantitative estimate of drug-likeness (QED) is 0.908. The number of fused-ring (bicyclic) bond motifs is 2. The Labute approximate surface area is 154 Å². The Kier molecular flexibility index (Phi) is 4.93. The van der Waals surface area contributed by atoms with Gasteiger partial charge >= 0.3 is 5.97 Å². The van der Waals surface area contributed by atoms with Crippen LogP contribution in [-0.2, 0) is 11.4 Å². The Morgan fingerprint density at radius 1 is 1.04 bits per heavy atom. The van der Waals surface area contributed by atoms with Crippen molar-refractivity contribution in [1.82, 2.24) is 4.90 Å². The standard InChI is InChI=1S/C22H25NO3/c24-21(25)11-14-23-12-9-16(10-13-23)22-18-6-2-1-5-17(18)15-26-20-8-4-3-7-19(20)22/h1-8,16,22H,9-15H2,(H,24,25). The average Bonchev–Trinajstić information content (AvgIpc) is 2.84. The van der Waals surface area contributed by atoms with E-state index in [1.54, 1.807) is 0 Å². The van der Waals surface area contributed by atoms with E-state index < -0.39 is 5.97 Å². The molecule has 1 fully saturated rings. The monoisotopic (exact) mass is 351 g/mol. The van der Waals surface area contributed by atoms with Crippen LogP contribution in [0.5, 0.6) is 5.75 Å². The fourth-order valence-electron chi connectivity index (χ4n) is 4.43.